The second-order valence-electron chi connectivity index (χ2n) is 9.71. The third-order valence-electron chi connectivity index (χ3n) is 7.24. The Morgan fingerprint density at radius 3 is 2.70 bits per heavy atom. The molecule has 3 aromatic carbocycles. The van der Waals surface area contributed by atoms with Gasteiger partial charge in [0.05, 0.1) is 16.6 Å². The lowest BCUT2D eigenvalue weighted by Gasteiger charge is -2.10. The van der Waals surface area contributed by atoms with Crippen LogP contribution in [0.4, 0.5) is 0 Å². The van der Waals surface area contributed by atoms with E-state index < -0.39 is 0 Å². The largest absolute Gasteiger partial charge is 0.305 e. The van der Waals surface area contributed by atoms with Crippen LogP contribution in [-0.4, -0.2) is 35.0 Å². The molecule has 0 amide bonds. The summed E-state index contributed by atoms with van der Waals surface area (Å²) in [4.78, 5) is 15.1. The Kier molecular flexibility index (Phi) is 4.59. The number of carbonyl (C=O) groups is 1. The number of carbonyl (C=O) groups excluding carboxylic acids is 1. The van der Waals surface area contributed by atoms with E-state index in [4.69, 9.17) is 0 Å². The van der Waals surface area contributed by atoms with Crippen LogP contribution in [0.3, 0.4) is 0 Å². The van der Waals surface area contributed by atoms with Gasteiger partial charge >= 0.3 is 0 Å². The number of H-pyrrole nitrogens is 1. The normalized spacial score (nSPS) is 21.5. The zero-order valence-electron chi connectivity index (χ0n) is 19.0. The van der Waals surface area contributed by atoms with E-state index in [1.165, 1.54) is 22.3 Å². The van der Waals surface area contributed by atoms with Crippen molar-refractivity contribution in [2.24, 2.45) is 0 Å². The summed E-state index contributed by atoms with van der Waals surface area (Å²) in [7, 11) is 4.16. The number of ketones is 1. The third-order valence-corrected chi connectivity index (χ3v) is 7.24. The monoisotopic (exact) mass is 433 g/mol. The molecule has 1 aromatic heterocycles. The Labute approximate surface area is 193 Å². The first-order valence-corrected chi connectivity index (χ1v) is 11.6. The number of aromatic amines is 1. The molecule has 1 N–H and O–H groups in total. The second-order valence-corrected chi connectivity index (χ2v) is 9.71. The SMILES string of the molecule is CN(C)Cc1ccc(/C=C/c2n[nH]c3cc([C@H]4C[C@@]45C(=O)Cc4ccccc45)ccc23)cc1. The fraction of sp³-hybridized carbons (Fsp3) is 0.241. The lowest BCUT2D eigenvalue weighted by molar-refractivity contribution is -0.120. The van der Waals surface area contributed by atoms with Crippen LogP contribution in [0.15, 0.2) is 66.7 Å². The standard InChI is InChI=1S/C29H27N3O/c1-32(2)18-20-9-7-19(8-10-20)11-14-26-23-13-12-22(15-27(23)31-30-26)25-17-29(25)24-6-4-3-5-21(24)16-28(29)33/h3-15,25H,16-18H2,1-2H3,(H,30,31)/b14-11+/t25-,29+/m1/s1. The van der Waals surface area contributed by atoms with Crippen LogP contribution in [-0.2, 0) is 23.2 Å². The Balaban J connectivity index is 1.24. The molecule has 0 saturated heterocycles. The summed E-state index contributed by atoms with van der Waals surface area (Å²) < 4.78 is 0. The van der Waals surface area contributed by atoms with Crippen LogP contribution in [0.5, 0.6) is 0 Å². The first-order valence-electron chi connectivity index (χ1n) is 11.6. The van der Waals surface area contributed by atoms with E-state index in [9.17, 15) is 4.79 Å². The number of hydrogen-bond donors (Lipinski definition) is 1. The maximum Gasteiger partial charge on any atom is 0.148 e. The molecule has 33 heavy (non-hydrogen) atoms. The van der Waals surface area contributed by atoms with Crippen molar-refractivity contribution in [3.63, 3.8) is 0 Å². The zero-order valence-corrected chi connectivity index (χ0v) is 19.0. The van der Waals surface area contributed by atoms with Gasteiger partial charge in [0.25, 0.3) is 0 Å². The summed E-state index contributed by atoms with van der Waals surface area (Å²) in [6, 6.07) is 23.5. The first-order chi connectivity index (χ1) is 16.0. The molecule has 4 heteroatoms. The summed E-state index contributed by atoms with van der Waals surface area (Å²) in [5.74, 6) is 0.639. The zero-order chi connectivity index (χ0) is 22.6. The number of fused-ring (bicyclic) bond motifs is 3. The Bertz CT molecular complexity index is 1400. The average Bonchev–Trinajstić information content (AvgIpc) is 3.35. The Morgan fingerprint density at radius 2 is 1.88 bits per heavy atom. The highest BCUT2D eigenvalue weighted by Gasteiger charge is 2.64. The molecule has 2 aliphatic carbocycles. The van der Waals surface area contributed by atoms with Crippen molar-refractivity contribution in [1.82, 2.24) is 15.1 Å². The van der Waals surface area contributed by atoms with Crippen LogP contribution in [0.1, 0.15) is 45.8 Å². The van der Waals surface area contributed by atoms with Crippen LogP contribution < -0.4 is 0 Å². The van der Waals surface area contributed by atoms with Crippen molar-refractivity contribution in [1.29, 1.82) is 0 Å². The molecule has 0 bridgehead atoms. The van der Waals surface area contributed by atoms with Crippen LogP contribution in [0.25, 0.3) is 23.1 Å². The highest BCUT2D eigenvalue weighted by Crippen LogP contribution is 2.64. The van der Waals surface area contributed by atoms with Gasteiger partial charge in [0.1, 0.15) is 5.78 Å². The average molecular weight is 434 g/mol. The van der Waals surface area contributed by atoms with Gasteiger partial charge in [0, 0.05) is 24.3 Å². The summed E-state index contributed by atoms with van der Waals surface area (Å²) >= 11 is 0. The first kappa shape index (κ1) is 20.1. The highest BCUT2D eigenvalue weighted by atomic mass is 16.1. The Hall–Kier alpha value is -3.50. The van der Waals surface area contributed by atoms with Crippen molar-refractivity contribution in [3.05, 3.63) is 100 Å². The molecule has 1 heterocycles. The molecule has 4 aromatic rings. The van der Waals surface area contributed by atoms with Crippen molar-refractivity contribution in [2.75, 3.05) is 14.1 Å². The summed E-state index contributed by atoms with van der Waals surface area (Å²) in [6.45, 7) is 0.940. The van der Waals surface area contributed by atoms with E-state index in [2.05, 4.69) is 102 Å². The minimum absolute atomic E-state index is 0.265. The van der Waals surface area contributed by atoms with E-state index in [-0.39, 0.29) is 11.3 Å². The third kappa shape index (κ3) is 3.33. The molecular formula is C29H27N3O. The van der Waals surface area contributed by atoms with Gasteiger partial charge < -0.3 is 4.90 Å². The maximum atomic E-state index is 12.9. The molecule has 0 aliphatic heterocycles. The molecule has 6 rings (SSSR count). The van der Waals surface area contributed by atoms with Crippen LogP contribution in [0.2, 0.25) is 0 Å². The molecule has 1 saturated carbocycles. The van der Waals surface area contributed by atoms with Gasteiger partial charge in [0.15, 0.2) is 0 Å². The summed E-state index contributed by atoms with van der Waals surface area (Å²) in [6.07, 6.45) is 5.66. The van der Waals surface area contributed by atoms with Crippen molar-refractivity contribution in [2.45, 2.75) is 30.7 Å². The highest BCUT2D eigenvalue weighted by molar-refractivity contribution is 6.01. The lowest BCUT2D eigenvalue weighted by atomic mass is 9.91. The number of rotatable bonds is 5. The molecule has 1 fully saturated rings. The lowest BCUT2D eigenvalue weighted by Crippen LogP contribution is -2.16. The maximum absolute atomic E-state index is 12.9. The van der Waals surface area contributed by atoms with E-state index >= 15 is 0 Å². The fourth-order valence-corrected chi connectivity index (χ4v) is 5.54. The number of nitrogens with one attached hydrogen (secondary N) is 1. The predicted octanol–water partition coefficient (Wildman–Crippen LogP) is 5.35. The van der Waals surface area contributed by atoms with E-state index in [0.717, 1.165) is 35.1 Å². The van der Waals surface area contributed by atoms with Gasteiger partial charge in [-0.15, -0.1) is 0 Å². The predicted molar refractivity (Wildman–Crippen MR) is 133 cm³/mol. The van der Waals surface area contributed by atoms with Crippen molar-refractivity contribution >= 4 is 28.8 Å². The number of aromatic nitrogens is 2. The van der Waals surface area contributed by atoms with Crippen LogP contribution in [0, 0.1) is 0 Å². The van der Waals surface area contributed by atoms with E-state index in [1.807, 2.05) is 6.07 Å². The van der Waals surface area contributed by atoms with Gasteiger partial charge in [-0.2, -0.15) is 5.10 Å². The topological polar surface area (TPSA) is 49.0 Å². The van der Waals surface area contributed by atoms with Crippen LogP contribution >= 0.6 is 0 Å². The molecular weight excluding hydrogens is 406 g/mol. The van der Waals surface area contributed by atoms with Gasteiger partial charge in [-0.05, 0) is 60.5 Å². The van der Waals surface area contributed by atoms with Gasteiger partial charge in [-0.1, -0.05) is 66.7 Å². The molecule has 2 aliphatic rings. The van der Waals surface area contributed by atoms with E-state index in [0.29, 0.717) is 12.2 Å². The molecule has 4 nitrogen and oxygen atoms in total. The van der Waals surface area contributed by atoms with Gasteiger partial charge in [-0.3, -0.25) is 9.89 Å². The smallest absolute Gasteiger partial charge is 0.148 e. The minimum atomic E-state index is -0.300. The molecule has 2 atom stereocenters. The minimum Gasteiger partial charge on any atom is -0.305 e. The molecule has 0 radical (unpaired) electrons. The summed E-state index contributed by atoms with van der Waals surface area (Å²) in [5, 5.41) is 8.84. The van der Waals surface area contributed by atoms with Gasteiger partial charge in [-0.25, -0.2) is 0 Å². The molecule has 1 spiro atoms. The van der Waals surface area contributed by atoms with Crippen molar-refractivity contribution < 1.29 is 4.79 Å². The summed E-state index contributed by atoms with van der Waals surface area (Å²) in [5.41, 5.74) is 7.78. The number of nitrogens with zero attached hydrogens (tertiary/aromatic N) is 2. The number of Topliss-reactive ketones (excluding diaryl/α,β-unsaturated/α-hetero) is 1. The molecule has 0 unspecified atom stereocenters. The van der Waals surface area contributed by atoms with Gasteiger partial charge in [0.2, 0.25) is 0 Å². The Morgan fingerprint density at radius 1 is 1.06 bits per heavy atom. The molecule has 164 valence electrons. The quantitative estimate of drug-likeness (QED) is 0.462. The van der Waals surface area contributed by atoms with Crippen molar-refractivity contribution in [3.8, 4) is 0 Å². The number of hydrogen-bond acceptors (Lipinski definition) is 3. The number of benzene rings is 3. The fourth-order valence-electron chi connectivity index (χ4n) is 5.54. The van der Waals surface area contributed by atoms with E-state index in [1.54, 1.807) is 0 Å². The second kappa shape index (κ2) is 7.53.